The quantitative estimate of drug-likeness (QED) is 0.383. The van der Waals surface area contributed by atoms with Crippen molar-refractivity contribution in [3.05, 3.63) is 65.9 Å². The van der Waals surface area contributed by atoms with Crippen LogP contribution in [0.1, 0.15) is 30.5 Å². The minimum atomic E-state index is -3.83. The molecule has 0 aliphatic heterocycles. The minimum Gasteiger partial charge on any atom is -0.489 e. The fourth-order valence-electron chi connectivity index (χ4n) is 5.94. The normalized spacial score (nSPS) is 23.7. The van der Waals surface area contributed by atoms with Crippen LogP contribution in [-0.2, 0) is 21.4 Å². The third-order valence-electron chi connectivity index (χ3n) is 7.53. The van der Waals surface area contributed by atoms with Crippen molar-refractivity contribution in [2.45, 2.75) is 43.7 Å². The van der Waals surface area contributed by atoms with Gasteiger partial charge in [-0.15, -0.1) is 0 Å². The van der Waals surface area contributed by atoms with Crippen molar-refractivity contribution in [2.75, 3.05) is 7.05 Å². The molecule has 0 saturated heterocycles. The molecule has 0 radical (unpaired) electrons. The highest BCUT2D eigenvalue weighted by Crippen LogP contribution is 2.51. The number of amides is 1. The van der Waals surface area contributed by atoms with Gasteiger partial charge in [0.15, 0.2) is 0 Å². The third kappa shape index (κ3) is 4.28. The fraction of sp³-hybridized carbons (Fsp3) is 0.385. The van der Waals surface area contributed by atoms with Gasteiger partial charge in [-0.1, -0.05) is 18.2 Å². The molecule has 2 saturated carbocycles. The van der Waals surface area contributed by atoms with E-state index in [4.69, 9.17) is 4.74 Å². The number of aromatic nitrogens is 1. The van der Waals surface area contributed by atoms with Crippen molar-refractivity contribution in [2.24, 2.45) is 17.8 Å². The van der Waals surface area contributed by atoms with Crippen LogP contribution in [-0.4, -0.2) is 41.9 Å². The van der Waals surface area contributed by atoms with Gasteiger partial charge >= 0.3 is 0 Å². The molecular weight excluding hydrogens is 466 g/mol. The summed E-state index contributed by atoms with van der Waals surface area (Å²) in [6.45, 7) is 2.27. The topological polar surface area (TPSA) is 109 Å². The highest BCUT2D eigenvalue weighted by Gasteiger charge is 2.54. The van der Waals surface area contributed by atoms with Crippen LogP contribution in [0.25, 0.3) is 10.9 Å². The van der Waals surface area contributed by atoms with Crippen LogP contribution < -0.4 is 10.2 Å². The standard InChI is InChI=1S/C26H29N3O5S/c1-16-13-19(22-5-3-4-6-23(22)27-16)15-34-20-9-11-21(12-10-20)35(32,33)29(2)25-18-8-7-17(14-18)24(25)26(30)28-31/h3-6,9-13,17-18,24-25,31H,7-8,14-15H2,1-2H3,(H,28,30)/t17-,18+,24+,25-/m1/s1. The van der Waals surface area contributed by atoms with Gasteiger partial charge in [-0.25, -0.2) is 13.9 Å². The third-order valence-corrected chi connectivity index (χ3v) is 9.40. The molecule has 9 heteroatoms. The summed E-state index contributed by atoms with van der Waals surface area (Å²) in [5, 5.41) is 10.2. The Kier molecular flexibility index (Phi) is 6.25. The van der Waals surface area contributed by atoms with E-state index >= 15 is 0 Å². The van der Waals surface area contributed by atoms with Gasteiger partial charge in [0.1, 0.15) is 12.4 Å². The van der Waals surface area contributed by atoms with Crippen LogP contribution in [0.2, 0.25) is 0 Å². The Balaban J connectivity index is 1.33. The van der Waals surface area contributed by atoms with Gasteiger partial charge in [-0.05, 0) is 74.4 Å². The Hall–Kier alpha value is -3.01. The smallest absolute Gasteiger partial charge is 0.248 e. The summed E-state index contributed by atoms with van der Waals surface area (Å²) < 4.78 is 34.1. The molecule has 8 nitrogen and oxygen atoms in total. The Morgan fingerprint density at radius 3 is 2.60 bits per heavy atom. The van der Waals surface area contributed by atoms with Crippen molar-refractivity contribution >= 4 is 26.8 Å². The number of carbonyl (C=O) groups is 1. The van der Waals surface area contributed by atoms with Crippen LogP contribution in [0.15, 0.2) is 59.5 Å². The Bertz CT molecular complexity index is 1360. The van der Waals surface area contributed by atoms with E-state index in [1.165, 1.54) is 23.5 Å². The zero-order valence-electron chi connectivity index (χ0n) is 19.7. The van der Waals surface area contributed by atoms with Gasteiger partial charge in [0.2, 0.25) is 15.9 Å². The summed E-state index contributed by atoms with van der Waals surface area (Å²) in [4.78, 5) is 17.0. The zero-order chi connectivity index (χ0) is 24.7. The van der Waals surface area contributed by atoms with Crippen molar-refractivity contribution in [3.63, 3.8) is 0 Å². The number of benzene rings is 2. The second kappa shape index (κ2) is 9.22. The lowest BCUT2D eigenvalue weighted by molar-refractivity contribution is -0.136. The second-order valence-electron chi connectivity index (χ2n) is 9.55. The number of pyridine rings is 1. The first kappa shape index (κ1) is 23.7. The molecule has 2 aromatic carbocycles. The first-order valence-corrected chi connectivity index (χ1v) is 13.2. The SMILES string of the molecule is Cc1cc(COc2ccc(S(=O)(=O)N(C)[C@@H]3[C@H]4CC[C@H](C4)[C@@H]3C(=O)NO)cc2)c2ccccc2n1. The lowest BCUT2D eigenvalue weighted by Gasteiger charge is -2.35. The van der Waals surface area contributed by atoms with E-state index in [0.717, 1.165) is 41.4 Å². The monoisotopic (exact) mass is 495 g/mol. The fourth-order valence-corrected chi connectivity index (χ4v) is 7.37. The van der Waals surface area contributed by atoms with Gasteiger partial charge in [0.25, 0.3) is 0 Å². The van der Waals surface area contributed by atoms with Gasteiger partial charge in [-0.3, -0.25) is 15.0 Å². The molecule has 1 aromatic heterocycles. The molecule has 5 rings (SSSR count). The number of hydrogen-bond donors (Lipinski definition) is 2. The number of aryl methyl sites for hydroxylation is 1. The Labute approximate surface area is 204 Å². The first-order chi connectivity index (χ1) is 16.8. The highest BCUT2D eigenvalue weighted by atomic mass is 32.2. The molecule has 2 bridgehead atoms. The molecule has 3 aromatic rings. The second-order valence-corrected chi connectivity index (χ2v) is 11.5. The molecule has 1 amide bonds. The lowest BCUT2D eigenvalue weighted by Crippen LogP contribution is -2.50. The average Bonchev–Trinajstić information content (AvgIpc) is 3.48. The molecule has 2 aliphatic carbocycles. The molecule has 2 fully saturated rings. The summed E-state index contributed by atoms with van der Waals surface area (Å²) in [6, 6.07) is 15.8. The van der Waals surface area contributed by atoms with E-state index in [9.17, 15) is 18.4 Å². The van der Waals surface area contributed by atoms with Crippen molar-refractivity contribution in [1.29, 1.82) is 0 Å². The number of ether oxygens (including phenoxy) is 1. The van der Waals surface area contributed by atoms with Crippen molar-refractivity contribution in [1.82, 2.24) is 14.8 Å². The van der Waals surface area contributed by atoms with Crippen LogP contribution in [0, 0.1) is 24.7 Å². The number of fused-ring (bicyclic) bond motifs is 3. The van der Waals surface area contributed by atoms with Crippen LogP contribution in [0.5, 0.6) is 5.75 Å². The maximum absolute atomic E-state index is 13.4. The molecule has 2 N–H and O–H groups in total. The molecular formula is C26H29N3O5S. The van der Waals surface area contributed by atoms with E-state index in [1.807, 2.05) is 37.3 Å². The predicted molar refractivity (Wildman–Crippen MR) is 130 cm³/mol. The van der Waals surface area contributed by atoms with Crippen molar-refractivity contribution < 1.29 is 23.2 Å². The number of nitrogens with one attached hydrogen (secondary N) is 1. The Morgan fingerprint density at radius 1 is 1.14 bits per heavy atom. The summed E-state index contributed by atoms with van der Waals surface area (Å²) in [7, 11) is -2.30. The van der Waals surface area contributed by atoms with Gasteiger partial charge in [0, 0.05) is 29.7 Å². The summed E-state index contributed by atoms with van der Waals surface area (Å²) in [5.74, 6) is -0.281. The molecule has 0 spiro atoms. The molecule has 35 heavy (non-hydrogen) atoms. The minimum absolute atomic E-state index is 0.0958. The largest absolute Gasteiger partial charge is 0.489 e. The van der Waals surface area contributed by atoms with E-state index < -0.39 is 27.9 Å². The number of sulfonamides is 1. The number of carbonyl (C=O) groups excluding carboxylic acids is 1. The summed E-state index contributed by atoms with van der Waals surface area (Å²) in [6.07, 6.45) is 2.57. The number of para-hydroxylation sites is 1. The molecule has 4 atom stereocenters. The lowest BCUT2D eigenvalue weighted by atomic mass is 9.84. The number of rotatable bonds is 7. The van der Waals surface area contributed by atoms with E-state index in [-0.39, 0.29) is 16.7 Å². The zero-order valence-corrected chi connectivity index (χ0v) is 20.5. The van der Waals surface area contributed by atoms with Gasteiger partial charge in [-0.2, -0.15) is 4.31 Å². The molecule has 184 valence electrons. The summed E-state index contributed by atoms with van der Waals surface area (Å²) in [5.41, 5.74) is 4.55. The average molecular weight is 496 g/mol. The number of hydroxylamine groups is 1. The van der Waals surface area contributed by atoms with Crippen LogP contribution >= 0.6 is 0 Å². The number of hydrogen-bond acceptors (Lipinski definition) is 6. The molecule has 0 unspecified atom stereocenters. The van der Waals surface area contributed by atoms with Crippen LogP contribution in [0.4, 0.5) is 0 Å². The maximum Gasteiger partial charge on any atom is 0.248 e. The van der Waals surface area contributed by atoms with E-state index in [2.05, 4.69) is 4.98 Å². The molecule has 2 aliphatic rings. The van der Waals surface area contributed by atoms with Crippen LogP contribution in [0.3, 0.4) is 0 Å². The molecule has 1 heterocycles. The maximum atomic E-state index is 13.4. The highest BCUT2D eigenvalue weighted by molar-refractivity contribution is 7.89. The van der Waals surface area contributed by atoms with E-state index in [0.29, 0.717) is 12.4 Å². The number of nitrogens with zero attached hydrogens (tertiary/aromatic N) is 2. The summed E-state index contributed by atoms with van der Waals surface area (Å²) >= 11 is 0. The van der Waals surface area contributed by atoms with Gasteiger partial charge in [0.05, 0.1) is 16.3 Å². The Morgan fingerprint density at radius 2 is 1.86 bits per heavy atom. The predicted octanol–water partition coefficient (Wildman–Crippen LogP) is 3.66. The van der Waals surface area contributed by atoms with E-state index in [1.54, 1.807) is 17.6 Å². The van der Waals surface area contributed by atoms with Crippen molar-refractivity contribution in [3.8, 4) is 5.75 Å². The van der Waals surface area contributed by atoms with Gasteiger partial charge < -0.3 is 4.74 Å². The first-order valence-electron chi connectivity index (χ1n) is 11.8.